The van der Waals surface area contributed by atoms with E-state index >= 15 is 0 Å². The van der Waals surface area contributed by atoms with E-state index in [0.717, 1.165) is 25.7 Å². The van der Waals surface area contributed by atoms with Crippen molar-refractivity contribution in [3.63, 3.8) is 0 Å². The molecule has 0 amide bonds. The van der Waals surface area contributed by atoms with Crippen molar-refractivity contribution < 1.29 is 10.2 Å². The molecule has 0 unspecified atom stereocenters. The molecule has 0 aliphatic heterocycles. The van der Waals surface area contributed by atoms with Crippen LogP contribution in [0.5, 0.6) is 5.75 Å². The lowest BCUT2D eigenvalue weighted by atomic mass is 9.52. The Kier molecular flexibility index (Phi) is 3.75. The quantitative estimate of drug-likeness (QED) is 0.362. The standard InChI is InChI=1S/C21H25IO2/c1-4-21(24)11-12(2)19-18-16(7-8-20(19,21)3)15-6-5-14(23)9-13(15)10-17(18)22/h1,5-6,9,12,16-19,23-24H,7-8,10-11H2,2-3H3/t12-,16-,17-,18+,19+,20+,21+/m1/s1. The van der Waals surface area contributed by atoms with Crippen LogP contribution in [0.3, 0.4) is 0 Å². The number of aliphatic hydroxyl groups is 1. The average Bonchev–Trinajstić information content (AvgIpc) is 2.74. The summed E-state index contributed by atoms with van der Waals surface area (Å²) < 4.78 is 0.522. The number of hydrogen-bond acceptors (Lipinski definition) is 2. The Morgan fingerprint density at radius 3 is 2.83 bits per heavy atom. The van der Waals surface area contributed by atoms with Crippen molar-refractivity contribution in [3.8, 4) is 18.1 Å². The molecular formula is C21H25IO2. The minimum absolute atomic E-state index is 0.180. The summed E-state index contributed by atoms with van der Waals surface area (Å²) in [7, 11) is 0. The van der Waals surface area contributed by atoms with E-state index in [-0.39, 0.29) is 5.41 Å². The van der Waals surface area contributed by atoms with E-state index in [1.807, 2.05) is 12.1 Å². The second-order valence-electron chi connectivity index (χ2n) is 8.46. The van der Waals surface area contributed by atoms with Gasteiger partial charge in [-0.05, 0) is 72.6 Å². The van der Waals surface area contributed by atoms with E-state index < -0.39 is 5.60 Å². The molecule has 3 aliphatic rings. The zero-order chi connectivity index (χ0) is 17.3. The van der Waals surface area contributed by atoms with E-state index in [2.05, 4.69) is 48.4 Å². The second-order valence-corrected chi connectivity index (χ2v) is 10.1. The Bertz CT molecular complexity index is 723. The summed E-state index contributed by atoms with van der Waals surface area (Å²) in [5, 5.41) is 21.0. The highest BCUT2D eigenvalue weighted by atomic mass is 127. The number of terminal acetylenes is 1. The van der Waals surface area contributed by atoms with Gasteiger partial charge >= 0.3 is 0 Å². The van der Waals surface area contributed by atoms with Crippen LogP contribution in [0, 0.1) is 35.5 Å². The van der Waals surface area contributed by atoms with E-state index in [1.54, 1.807) is 0 Å². The molecule has 0 radical (unpaired) electrons. The van der Waals surface area contributed by atoms with Crippen LogP contribution in [-0.2, 0) is 6.42 Å². The molecule has 2 nitrogen and oxygen atoms in total. The fraction of sp³-hybridized carbons (Fsp3) is 0.619. The van der Waals surface area contributed by atoms with E-state index in [0.29, 0.717) is 33.3 Å². The van der Waals surface area contributed by atoms with Crippen molar-refractivity contribution in [3.05, 3.63) is 29.3 Å². The van der Waals surface area contributed by atoms with Gasteiger partial charge in [-0.3, -0.25) is 0 Å². The Morgan fingerprint density at radius 2 is 2.12 bits per heavy atom. The molecule has 4 rings (SSSR count). The number of hydrogen-bond donors (Lipinski definition) is 2. The summed E-state index contributed by atoms with van der Waals surface area (Å²) in [5.41, 5.74) is 1.57. The lowest BCUT2D eigenvalue weighted by Gasteiger charge is -2.54. The highest BCUT2D eigenvalue weighted by Crippen LogP contribution is 2.66. The van der Waals surface area contributed by atoms with Crippen LogP contribution in [-0.4, -0.2) is 19.7 Å². The smallest absolute Gasteiger partial charge is 0.131 e. The van der Waals surface area contributed by atoms with Gasteiger partial charge in [0.05, 0.1) is 0 Å². The van der Waals surface area contributed by atoms with Crippen molar-refractivity contribution in [1.82, 2.24) is 0 Å². The average molecular weight is 436 g/mol. The molecule has 3 aliphatic carbocycles. The van der Waals surface area contributed by atoms with E-state index in [1.165, 1.54) is 11.1 Å². The van der Waals surface area contributed by atoms with Gasteiger partial charge in [-0.2, -0.15) is 0 Å². The van der Waals surface area contributed by atoms with Gasteiger partial charge in [0.15, 0.2) is 0 Å². The third-order valence-corrected chi connectivity index (χ3v) is 8.63. The van der Waals surface area contributed by atoms with Crippen LogP contribution in [0.15, 0.2) is 18.2 Å². The van der Waals surface area contributed by atoms with Gasteiger partial charge in [0.25, 0.3) is 0 Å². The molecule has 0 heterocycles. The predicted octanol–water partition coefficient (Wildman–Crippen LogP) is 4.27. The van der Waals surface area contributed by atoms with Crippen molar-refractivity contribution in [2.45, 2.75) is 55.0 Å². The van der Waals surface area contributed by atoms with Crippen molar-refractivity contribution in [1.29, 1.82) is 0 Å². The first kappa shape index (κ1) is 16.7. The third kappa shape index (κ3) is 2.05. The summed E-state index contributed by atoms with van der Waals surface area (Å²) >= 11 is 2.60. The molecule has 2 N–H and O–H groups in total. The normalized spacial score (nSPS) is 46.5. The molecular weight excluding hydrogens is 411 g/mol. The number of benzene rings is 1. The molecule has 128 valence electrons. The summed E-state index contributed by atoms with van der Waals surface area (Å²) in [6, 6.07) is 5.90. The number of aromatic hydroxyl groups is 1. The third-order valence-electron chi connectivity index (χ3n) is 7.36. The Labute approximate surface area is 158 Å². The maximum Gasteiger partial charge on any atom is 0.131 e. The fourth-order valence-corrected chi connectivity index (χ4v) is 7.77. The minimum Gasteiger partial charge on any atom is -0.508 e. The summed E-state index contributed by atoms with van der Waals surface area (Å²) in [5.74, 6) is 5.12. The molecule has 7 atom stereocenters. The molecule has 0 bridgehead atoms. The van der Waals surface area contributed by atoms with Gasteiger partial charge in [-0.15, -0.1) is 6.42 Å². The highest BCUT2D eigenvalue weighted by molar-refractivity contribution is 14.1. The molecule has 1 aromatic rings. The highest BCUT2D eigenvalue weighted by Gasteiger charge is 2.64. The monoisotopic (exact) mass is 436 g/mol. The first-order valence-electron chi connectivity index (χ1n) is 8.97. The molecule has 3 heteroatoms. The number of rotatable bonds is 0. The van der Waals surface area contributed by atoms with Crippen LogP contribution >= 0.6 is 22.6 Å². The number of fused-ring (bicyclic) bond motifs is 5. The van der Waals surface area contributed by atoms with Crippen LogP contribution in [0.4, 0.5) is 0 Å². The largest absolute Gasteiger partial charge is 0.508 e. The summed E-state index contributed by atoms with van der Waals surface area (Å²) in [6.07, 6.45) is 9.56. The SMILES string of the molecule is C#C[C@]1(O)C[C@@H](C)[C@H]2[C@@H]3[C@H](I)Cc4cc(O)ccc4[C@H]3CC[C@@]21C. The van der Waals surface area contributed by atoms with Crippen LogP contribution in [0.25, 0.3) is 0 Å². The fourth-order valence-electron chi connectivity index (χ4n) is 6.35. The molecule has 2 saturated carbocycles. The van der Waals surface area contributed by atoms with Gasteiger partial charge in [0.1, 0.15) is 11.4 Å². The van der Waals surface area contributed by atoms with Gasteiger partial charge in [0, 0.05) is 9.34 Å². The van der Waals surface area contributed by atoms with Crippen LogP contribution in [0.1, 0.15) is 50.2 Å². The maximum atomic E-state index is 11.2. The first-order chi connectivity index (χ1) is 11.3. The lowest BCUT2D eigenvalue weighted by molar-refractivity contribution is -0.0654. The van der Waals surface area contributed by atoms with E-state index in [9.17, 15) is 10.2 Å². The number of phenolic OH excluding ortho intramolecular Hbond substituents is 1. The maximum absolute atomic E-state index is 11.2. The lowest BCUT2D eigenvalue weighted by Crippen LogP contribution is -2.52. The molecule has 0 spiro atoms. The van der Waals surface area contributed by atoms with Crippen molar-refractivity contribution >= 4 is 22.6 Å². The number of phenols is 1. The summed E-state index contributed by atoms with van der Waals surface area (Å²) in [4.78, 5) is 0. The minimum atomic E-state index is -0.965. The second kappa shape index (κ2) is 5.38. The Morgan fingerprint density at radius 1 is 1.38 bits per heavy atom. The molecule has 0 aromatic heterocycles. The van der Waals surface area contributed by atoms with Gasteiger partial charge in [-0.25, -0.2) is 0 Å². The number of alkyl halides is 1. The number of halogens is 1. The molecule has 2 fully saturated rings. The van der Waals surface area contributed by atoms with E-state index in [4.69, 9.17) is 6.42 Å². The molecule has 1 aromatic carbocycles. The zero-order valence-corrected chi connectivity index (χ0v) is 16.5. The predicted molar refractivity (Wildman–Crippen MR) is 104 cm³/mol. The first-order valence-corrected chi connectivity index (χ1v) is 10.2. The zero-order valence-electron chi connectivity index (χ0n) is 14.3. The van der Waals surface area contributed by atoms with Gasteiger partial charge in [-0.1, -0.05) is 48.4 Å². The van der Waals surface area contributed by atoms with Gasteiger partial charge in [0.2, 0.25) is 0 Å². The van der Waals surface area contributed by atoms with Gasteiger partial charge < -0.3 is 10.2 Å². The Balaban J connectivity index is 1.80. The van der Waals surface area contributed by atoms with Crippen molar-refractivity contribution in [2.75, 3.05) is 0 Å². The topological polar surface area (TPSA) is 40.5 Å². The van der Waals surface area contributed by atoms with Crippen LogP contribution < -0.4 is 0 Å². The summed E-state index contributed by atoms with van der Waals surface area (Å²) in [6.45, 7) is 4.50. The van der Waals surface area contributed by atoms with Crippen LogP contribution in [0.2, 0.25) is 0 Å². The molecule has 24 heavy (non-hydrogen) atoms. The molecule has 0 saturated heterocycles. The van der Waals surface area contributed by atoms with Crippen molar-refractivity contribution in [2.24, 2.45) is 23.2 Å². The Hall–Kier alpha value is -0.730.